The standard InChI is InChI=1S/C13H14N2O2S2/c1-4-9-14-8(5-10(18)15-9)11-7(2)6-19-12(11)13(16)17-3/h5-6H,4H2,1-3H3,(H,14,15,18). The van der Waals surface area contributed by atoms with Crippen molar-refractivity contribution in [1.29, 1.82) is 0 Å². The molecule has 2 aromatic heterocycles. The maximum Gasteiger partial charge on any atom is 0.348 e. The molecule has 0 bridgehead atoms. The summed E-state index contributed by atoms with van der Waals surface area (Å²) in [5.74, 6) is 0.478. The number of H-pyrrole nitrogens is 1. The summed E-state index contributed by atoms with van der Waals surface area (Å²) >= 11 is 6.54. The number of hydrogen-bond acceptors (Lipinski definition) is 5. The van der Waals surface area contributed by atoms with Crippen molar-refractivity contribution in [3.8, 4) is 11.3 Å². The fourth-order valence-corrected chi connectivity index (χ4v) is 3.04. The summed E-state index contributed by atoms with van der Waals surface area (Å²) in [5.41, 5.74) is 2.68. The van der Waals surface area contributed by atoms with Crippen LogP contribution in [0.25, 0.3) is 11.3 Å². The van der Waals surface area contributed by atoms with E-state index in [0.29, 0.717) is 9.52 Å². The highest BCUT2D eigenvalue weighted by molar-refractivity contribution is 7.71. The van der Waals surface area contributed by atoms with Crippen molar-refractivity contribution in [2.24, 2.45) is 0 Å². The molecule has 0 fully saturated rings. The minimum Gasteiger partial charge on any atom is -0.465 e. The molecule has 2 heterocycles. The van der Waals surface area contributed by atoms with Crippen molar-refractivity contribution < 1.29 is 9.53 Å². The average molecular weight is 294 g/mol. The first-order valence-corrected chi connectivity index (χ1v) is 7.12. The number of carbonyl (C=O) groups excluding carboxylic acids is 1. The third kappa shape index (κ3) is 2.74. The number of rotatable bonds is 3. The number of esters is 1. The Kier molecular flexibility index (Phi) is 4.11. The summed E-state index contributed by atoms with van der Waals surface area (Å²) < 4.78 is 5.33. The zero-order chi connectivity index (χ0) is 14.0. The van der Waals surface area contributed by atoms with Gasteiger partial charge in [0.15, 0.2) is 0 Å². The lowest BCUT2D eigenvalue weighted by atomic mass is 10.1. The van der Waals surface area contributed by atoms with Crippen molar-refractivity contribution in [3.63, 3.8) is 0 Å². The number of carbonyl (C=O) groups is 1. The van der Waals surface area contributed by atoms with Gasteiger partial charge in [0.1, 0.15) is 15.3 Å². The Hall–Kier alpha value is -1.53. The van der Waals surface area contributed by atoms with E-state index in [4.69, 9.17) is 17.0 Å². The third-order valence-corrected chi connectivity index (χ3v) is 4.03. The van der Waals surface area contributed by atoms with Gasteiger partial charge in [0.05, 0.1) is 12.8 Å². The molecule has 0 aliphatic heterocycles. The van der Waals surface area contributed by atoms with E-state index in [1.165, 1.54) is 18.4 Å². The maximum atomic E-state index is 11.8. The highest BCUT2D eigenvalue weighted by Gasteiger charge is 2.19. The van der Waals surface area contributed by atoms with Crippen molar-refractivity contribution >= 4 is 29.5 Å². The van der Waals surface area contributed by atoms with E-state index in [-0.39, 0.29) is 5.97 Å². The number of nitrogens with zero attached hydrogens (tertiary/aromatic N) is 1. The highest BCUT2D eigenvalue weighted by Crippen LogP contribution is 2.31. The predicted molar refractivity (Wildman–Crippen MR) is 78.2 cm³/mol. The molecule has 4 nitrogen and oxygen atoms in total. The van der Waals surface area contributed by atoms with E-state index in [1.807, 2.05) is 19.2 Å². The molecule has 0 spiro atoms. The second-order valence-corrected chi connectivity index (χ2v) is 5.35. The largest absolute Gasteiger partial charge is 0.465 e. The Balaban J connectivity index is 2.64. The summed E-state index contributed by atoms with van der Waals surface area (Å²) in [6, 6.07) is 1.77. The van der Waals surface area contributed by atoms with E-state index < -0.39 is 0 Å². The lowest BCUT2D eigenvalue weighted by Crippen LogP contribution is -2.02. The monoisotopic (exact) mass is 294 g/mol. The van der Waals surface area contributed by atoms with E-state index in [0.717, 1.165) is 29.1 Å². The molecule has 1 N–H and O–H groups in total. The lowest BCUT2D eigenvalue weighted by molar-refractivity contribution is 0.0607. The molecule has 6 heteroatoms. The quantitative estimate of drug-likeness (QED) is 0.695. The zero-order valence-electron chi connectivity index (χ0n) is 10.9. The molecule has 0 aromatic carbocycles. The molecule has 0 radical (unpaired) electrons. The van der Waals surface area contributed by atoms with Gasteiger partial charge in [-0.2, -0.15) is 0 Å². The van der Waals surface area contributed by atoms with Gasteiger partial charge in [0, 0.05) is 12.0 Å². The number of aromatic nitrogens is 2. The Morgan fingerprint density at radius 1 is 1.58 bits per heavy atom. The summed E-state index contributed by atoms with van der Waals surface area (Å²) in [4.78, 5) is 19.8. The minimum atomic E-state index is -0.331. The molecule has 2 aromatic rings. The van der Waals surface area contributed by atoms with Gasteiger partial charge < -0.3 is 9.72 Å². The molecule has 0 aliphatic rings. The van der Waals surface area contributed by atoms with Gasteiger partial charge in [-0.25, -0.2) is 9.78 Å². The second-order valence-electron chi connectivity index (χ2n) is 4.05. The van der Waals surface area contributed by atoms with Crippen LogP contribution in [0.15, 0.2) is 11.4 Å². The topological polar surface area (TPSA) is 55.0 Å². The van der Waals surface area contributed by atoms with Crippen LogP contribution in [0.4, 0.5) is 0 Å². The van der Waals surface area contributed by atoms with Crippen LogP contribution < -0.4 is 0 Å². The highest BCUT2D eigenvalue weighted by atomic mass is 32.1. The first kappa shape index (κ1) is 13.9. The summed E-state index contributed by atoms with van der Waals surface area (Å²) in [5, 5.41) is 1.94. The lowest BCUT2D eigenvalue weighted by Gasteiger charge is -2.07. The summed E-state index contributed by atoms with van der Waals surface area (Å²) in [6.45, 7) is 3.96. The van der Waals surface area contributed by atoms with Gasteiger partial charge in [-0.05, 0) is 23.9 Å². The van der Waals surface area contributed by atoms with Crippen LogP contribution in [0.1, 0.15) is 28.0 Å². The van der Waals surface area contributed by atoms with E-state index in [1.54, 1.807) is 6.07 Å². The van der Waals surface area contributed by atoms with Gasteiger partial charge in [-0.1, -0.05) is 19.1 Å². The summed E-state index contributed by atoms with van der Waals surface area (Å²) in [7, 11) is 1.38. The Morgan fingerprint density at radius 2 is 2.32 bits per heavy atom. The zero-order valence-corrected chi connectivity index (χ0v) is 12.6. The smallest absolute Gasteiger partial charge is 0.348 e. The average Bonchev–Trinajstić information content (AvgIpc) is 2.79. The SMILES string of the molecule is CCc1nc(=S)cc(-c2c(C)csc2C(=O)OC)[nH]1. The first-order chi connectivity index (χ1) is 9.06. The molecule has 0 atom stereocenters. The van der Waals surface area contributed by atoms with Crippen molar-refractivity contribution in [3.05, 3.63) is 32.4 Å². The van der Waals surface area contributed by atoms with Crippen LogP contribution in [0.5, 0.6) is 0 Å². The molecular formula is C13H14N2O2S2. The van der Waals surface area contributed by atoms with Crippen molar-refractivity contribution in [1.82, 2.24) is 9.97 Å². The van der Waals surface area contributed by atoms with Gasteiger partial charge in [0.2, 0.25) is 0 Å². The van der Waals surface area contributed by atoms with Crippen molar-refractivity contribution in [2.75, 3.05) is 7.11 Å². The van der Waals surface area contributed by atoms with Crippen LogP contribution in [0, 0.1) is 11.6 Å². The number of nitrogens with one attached hydrogen (secondary N) is 1. The van der Waals surface area contributed by atoms with E-state index >= 15 is 0 Å². The number of aromatic amines is 1. The van der Waals surface area contributed by atoms with E-state index in [9.17, 15) is 4.79 Å². The number of methoxy groups -OCH3 is 1. The Bertz CT molecular complexity index is 674. The van der Waals surface area contributed by atoms with Gasteiger partial charge in [0.25, 0.3) is 0 Å². The molecule has 0 saturated carbocycles. The van der Waals surface area contributed by atoms with E-state index in [2.05, 4.69) is 9.97 Å². The Morgan fingerprint density at radius 3 is 2.95 bits per heavy atom. The molecule has 19 heavy (non-hydrogen) atoms. The Labute approximate surface area is 120 Å². The maximum absolute atomic E-state index is 11.8. The minimum absolute atomic E-state index is 0.331. The van der Waals surface area contributed by atoms with Crippen molar-refractivity contribution in [2.45, 2.75) is 20.3 Å². The molecule has 0 saturated heterocycles. The molecule has 0 unspecified atom stereocenters. The van der Waals surface area contributed by atoms with Crippen LogP contribution >= 0.6 is 23.6 Å². The predicted octanol–water partition coefficient (Wildman–Crippen LogP) is 3.53. The van der Waals surface area contributed by atoms with Gasteiger partial charge >= 0.3 is 5.97 Å². The molecular weight excluding hydrogens is 280 g/mol. The molecule has 0 aliphatic carbocycles. The van der Waals surface area contributed by atoms with Gasteiger partial charge in [-0.3, -0.25) is 0 Å². The fraction of sp³-hybridized carbons (Fsp3) is 0.308. The number of aryl methyl sites for hydroxylation is 2. The van der Waals surface area contributed by atoms with Crippen LogP contribution in [0.3, 0.4) is 0 Å². The number of hydrogen-bond donors (Lipinski definition) is 1. The molecule has 0 amide bonds. The molecule has 100 valence electrons. The first-order valence-electron chi connectivity index (χ1n) is 5.83. The fourth-order valence-electron chi connectivity index (χ4n) is 1.83. The number of ether oxygens (including phenoxy) is 1. The van der Waals surface area contributed by atoms with Crippen LogP contribution in [0.2, 0.25) is 0 Å². The van der Waals surface area contributed by atoms with Gasteiger partial charge in [-0.15, -0.1) is 11.3 Å². The summed E-state index contributed by atoms with van der Waals surface area (Å²) in [6.07, 6.45) is 0.758. The van der Waals surface area contributed by atoms with Crippen LogP contribution in [-0.4, -0.2) is 23.0 Å². The normalized spacial score (nSPS) is 10.5. The number of thiophene rings is 1. The van der Waals surface area contributed by atoms with Crippen LogP contribution in [-0.2, 0) is 11.2 Å². The third-order valence-electron chi connectivity index (χ3n) is 2.74. The molecule has 2 rings (SSSR count). The second kappa shape index (κ2) is 5.63.